The third-order valence-electron chi connectivity index (χ3n) is 3.90. The zero-order valence-electron chi connectivity index (χ0n) is 12.6. The number of piperidine rings is 1. The lowest BCUT2D eigenvalue weighted by Gasteiger charge is -2.39. The van der Waals surface area contributed by atoms with E-state index in [1.807, 2.05) is 11.3 Å². The second kappa shape index (κ2) is 7.41. The molecule has 1 saturated heterocycles. The molecule has 2 heterocycles. The zero-order valence-corrected chi connectivity index (χ0v) is 13.4. The fraction of sp³-hybridized carbons (Fsp3) is 0.750. The molecule has 0 spiro atoms. The van der Waals surface area contributed by atoms with Crippen molar-refractivity contribution in [2.75, 3.05) is 13.1 Å². The molecule has 1 aliphatic rings. The Labute approximate surface area is 122 Å². The van der Waals surface area contributed by atoms with E-state index in [0.29, 0.717) is 18.1 Å². The van der Waals surface area contributed by atoms with Crippen LogP contribution in [0.3, 0.4) is 0 Å². The minimum absolute atomic E-state index is 0.594. The quantitative estimate of drug-likeness (QED) is 0.845. The van der Waals surface area contributed by atoms with Crippen LogP contribution in [0.2, 0.25) is 0 Å². The number of rotatable bonds is 6. The predicted molar refractivity (Wildman–Crippen MR) is 84.8 cm³/mol. The summed E-state index contributed by atoms with van der Waals surface area (Å²) in [5.41, 5.74) is 0. The monoisotopic (exact) mass is 280 g/mol. The molecule has 0 saturated carbocycles. The second-order valence-electron chi connectivity index (χ2n) is 5.98. The molecule has 0 radical (unpaired) electrons. The molecule has 3 heteroatoms. The van der Waals surface area contributed by atoms with Crippen LogP contribution in [-0.2, 0) is 0 Å². The first-order valence-corrected chi connectivity index (χ1v) is 8.62. The molecule has 0 bridgehead atoms. The summed E-state index contributed by atoms with van der Waals surface area (Å²) in [5, 5.41) is 5.93. The molecule has 0 amide bonds. The van der Waals surface area contributed by atoms with Crippen LogP contribution in [-0.4, -0.2) is 30.1 Å². The van der Waals surface area contributed by atoms with E-state index in [1.165, 1.54) is 38.8 Å². The van der Waals surface area contributed by atoms with Crippen molar-refractivity contribution in [3.8, 4) is 0 Å². The van der Waals surface area contributed by atoms with Gasteiger partial charge in [0.1, 0.15) is 0 Å². The molecule has 1 aromatic rings. The summed E-state index contributed by atoms with van der Waals surface area (Å²) in [6.07, 6.45) is 5.21. The minimum atomic E-state index is 0.594. The topological polar surface area (TPSA) is 15.3 Å². The number of hydrogen-bond donors (Lipinski definition) is 1. The molecule has 1 fully saturated rings. The van der Waals surface area contributed by atoms with E-state index in [9.17, 15) is 0 Å². The first-order valence-electron chi connectivity index (χ1n) is 7.74. The van der Waals surface area contributed by atoms with Gasteiger partial charge in [-0.15, -0.1) is 11.3 Å². The summed E-state index contributed by atoms with van der Waals surface area (Å²) in [5.74, 6) is 0. The number of nitrogens with zero attached hydrogens (tertiary/aromatic N) is 1. The Morgan fingerprint density at radius 1 is 1.47 bits per heavy atom. The minimum Gasteiger partial charge on any atom is -0.311 e. The molecule has 2 atom stereocenters. The Hall–Kier alpha value is -0.380. The van der Waals surface area contributed by atoms with Gasteiger partial charge in [0, 0.05) is 29.5 Å². The van der Waals surface area contributed by atoms with E-state index >= 15 is 0 Å². The van der Waals surface area contributed by atoms with Gasteiger partial charge in [0.25, 0.3) is 0 Å². The van der Waals surface area contributed by atoms with E-state index in [2.05, 4.69) is 48.5 Å². The highest BCUT2D eigenvalue weighted by molar-refractivity contribution is 7.10. The van der Waals surface area contributed by atoms with Crippen LogP contribution in [0.15, 0.2) is 17.5 Å². The molecule has 19 heavy (non-hydrogen) atoms. The van der Waals surface area contributed by atoms with Gasteiger partial charge in [-0.3, -0.25) is 4.90 Å². The number of nitrogens with one attached hydrogen (secondary N) is 1. The second-order valence-corrected chi connectivity index (χ2v) is 6.95. The lowest BCUT2D eigenvalue weighted by molar-refractivity contribution is 0.128. The molecule has 1 aliphatic heterocycles. The Bertz CT molecular complexity index is 348. The van der Waals surface area contributed by atoms with Crippen molar-refractivity contribution in [2.24, 2.45) is 0 Å². The van der Waals surface area contributed by atoms with Crippen LogP contribution >= 0.6 is 11.3 Å². The average Bonchev–Trinajstić information content (AvgIpc) is 2.89. The highest BCUT2D eigenvalue weighted by Gasteiger charge is 2.27. The summed E-state index contributed by atoms with van der Waals surface area (Å²) in [6, 6.07) is 6.41. The van der Waals surface area contributed by atoms with E-state index < -0.39 is 0 Å². The molecular formula is C16H28N2S. The lowest BCUT2D eigenvalue weighted by Crippen LogP contribution is -2.48. The van der Waals surface area contributed by atoms with Crippen LogP contribution in [0.5, 0.6) is 0 Å². The van der Waals surface area contributed by atoms with Crippen LogP contribution in [0.25, 0.3) is 0 Å². The van der Waals surface area contributed by atoms with Crippen molar-refractivity contribution in [3.05, 3.63) is 22.4 Å². The van der Waals surface area contributed by atoms with Crippen molar-refractivity contribution in [3.63, 3.8) is 0 Å². The maximum Gasteiger partial charge on any atom is 0.0442 e. The Morgan fingerprint density at radius 3 is 2.95 bits per heavy atom. The van der Waals surface area contributed by atoms with Crippen molar-refractivity contribution in [1.82, 2.24) is 10.2 Å². The normalized spacial score (nSPS) is 22.8. The summed E-state index contributed by atoms with van der Waals surface area (Å²) < 4.78 is 0. The van der Waals surface area contributed by atoms with Crippen LogP contribution < -0.4 is 5.32 Å². The Kier molecular flexibility index (Phi) is 5.86. The van der Waals surface area contributed by atoms with E-state index in [1.54, 1.807) is 4.88 Å². The molecule has 108 valence electrons. The zero-order chi connectivity index (χ0) is 13.7. The lowest BCUT2D eigenvalue weighted by atomic mass is 10.00. The van der Waals surface area contributed by atoms with Crippen LogP contribution in [0.1, 0.15) is 57.4 Å². The molecule has 2 nitrogen and oxygen atoms in total. The highest BCUT2D eigenvalue weighted by Crippen LogP contribution is 2.31. The van der Waals surface area contributed by atoms with Crippen molar-refractivity contribution in [1.29, 1.82) is 0 Å². The molecule has 1 aromatic heterocycles. The van der Waals surface area contributed by atoms with Crippen molar-refractivity contribution >= 4 is 11.3 Å². The van der Waals surface area contributed by atoms with E-state index in [4.69, 9.17) is 0 Å². The molecule has 1 N–H and O–H groups in total. The Morgan fingerprint density at radius 2 is 2.32 bits per heavy atom. The number of likely N-dealkylation sites (tertiary alicyclic amines) is 1. The summed E-state index contributed by atoms with van der Waals surface area (Å²) in [6.45, 7) is 9.28. The standard InChI is InChI=1S/C16H28N2S/c1-4-7-15(16-9-6-11-19-16)18-10-5-8-14(12-18)17-13(2)3/h6,9,11,13-15,17H,4-5,7-8,10,12H2,1-3H3. The highest BCUT2D eigenvalue weighted by atomic mass is 32.1. The van der Waals surface area contributed by atoms with Crippen molar-refractivity contribution in [2.45, 2.75) is 64.6 Å². The molecule has 0 aromatic carbocycles. The molecule has 0 aliphatic carbocycles. The predicted octanol–water partition coefficient (Wildman–Crippen LogP) is 4.05. The first kappa shape index (κ1) is 15.0. The number of hydrogen-bond acceptors (Lipinski definition) is 3. The fourth-order valence-corrected chi connectivity index (χ4v) is 4.05. The third-order valence-corrected chi connectivity index (χ3v) is 4.87. The SMILES string of the molecule is CCCC(c1cccs1)N1CCCC(NC(C)C)C1. The maximum atomic E-state index is 3.72. The third kappa shape index (κ3) is 4.30. The molecular weight excluding hydrogens is 252 g/mol. The van der Waals surface area contributed by atoms with Crippen LogP contribution in [0.4, 0.5) is 0 Å². The van der Waals surface area contributed by atoms with Crippen LogP contribution in [0, 0.1) is 0 Å². The van der Waals surface area contributed by atoms with Gasteiger partial charge < -0.3 is 5.32 Å². The van der Waals surface area contributed by atoms with Gasteiger partial charge in [-0.1, -0.05) is 33.3 Å². The number of thiophene rings is 1. The van der Waals surface area contributed by atoms with E-state index in [0.717, 1.165) is 0 Å². The average molecular weight is 280 g/mol. The van der Waals surface area contributed by atoms with Gasteiger partial charge in [-0.2, -0.15) is 0 Å². The smallest absolute Gasteiger partial charge is 0.0442 e. The molecule has 2 unspecified atom stereocenters. The van der Waals surface area contributed by atoms with Gasteiger partial charge in [-0.05, 0) is 37.3 Å². The summed E-state index contributed by atoms with van der Waals surface area (Å²) in [7, 11) is 0. The van der Waals surface area contributed by atoms with E-state index in [-0.39, 0.29) is 0 Å². The molecule has 2 rings (SSSR count). The first-order chi connectivity index (χ1) is 9.20. The van der Waals surface area contributed by atoms with Gasteiger partial charge in [0.2, 0.25) is 0 Å². The maximum absolute atomic E-state index is 3.72. The summed E-state index contributed by atoms with van der Waals surface area (Å²) >= 11 is 1.92. The van der Waals surface area contributed by atoms with Gasteiger partial charge in [-0.25, -0.2) is 0 Å². The largest absolute Gasteiger partial charge is 0.311 e. The summed E-state index contributed by atoms with van der Waals surface area (Å²) in [4.78, 5) is 4.26. The van der Waals surface area contributed by atoms with Gasteiger partial charge in [0.15, 0.2) is 0 Å². The van der Waals surface area contributed by atoms with Crippen molar-refractivity contribution < 1.29 is 0 Å². The fourth-order valence-electron chi connectivity index (χ4n) is 3.16. The van der Waals surface area contributed by atoms with Gasteiger partial charge >= 0.3 is 0 Å². The Balaban J connectivity index is 2.00. The van der Waals surface area contributed by atoms with Gasteiger partial charge in [0.05, 0.1) is 0 Å².